The summed E-state index contributed by atoms with van der Waals surface area (Å²) in [6.07, 6.45) is 7.26. The number of unbranched alkanes of at least 4 members (excludes halogenated alkanes) is 2. The van der Waals surface area contributed by atoms with E-state index in [4.69, 9.17) is 22.1 Å². The number of carboxylic acids is 1. The molecule has 3 unspecified atom stereocenters. The molecule has 1 N–H and O–H groups in total. The summed E-state index contributed by atoms with van der Waals surface area (Å²) in [5, 5.41) is 9.14. The number of carboxylic acid groups (broad SMARTS) is 1. The number of ether oxygens (including phenoxy) is 1. The first-order chi connectivity index (χ1) is 16.9. The first-order valence-electron chi connectivity index (χ1n) is 12.0. The van der Waals surface area contributed by atoms with Crippen molar-refractivity contribution in [3.63, 3.8) is 0 Å². The molecule has 2 aromatic carbocycles. The molecule has 3 atom stereocenters. The zero-order valence-corrected chi connectivity index (χ0v) is 21.6. The minimum absolute atomic E-state index is 0.282. The monoisotopic (exact) mass is 509 g/mol. The number of carbonyl (C=O) groups excluding carboxylic acids is 1. The van der Waals surface area contributed by atoms with Crippen molar-refractivity contribution in [3.8, 4) is 5.75 Å². The number of benzene rings is 2. The summed E-state index contributed by atoms with van der Waals surface area (Å²) in [6.45, 7) is 2.43. The summed E-state index contributed by atoms with van der Waals surface area (Å²) in [6, 6.07) is 16.6. The molecule has 0 bridgehead atoms. The molecule has 35 heavy (non-hydrogen) atoms. The lowest BCUT2D eigenvalue weighted by atomic mass is 10.0. The molecule has 184 valence electrons. The van der Waals surface area contributed by atoms with Crippen molar-refractivity contribution in [1.82, 2.24) is 4.90 Å². The zero-order valence-electron chi connectivity index (χ0n) is 19.9. The van der Waals surface area contributed by atoms with E-state index in [1.807, 2.05) is 24.3 Å². The van der Waals surface area contributed by atoms with Crippen molar-refractivity contribution >= 4 is 50.8 Å². The van der Waals surface area contributed by atoms with Gasteiger partial charge < -0.3 is 9.84 Å². The van der Waals surface area contributed by atoms with E-state index < -0.39 is 23.0 Å². The van der Waals surface area contributed by atoms with Gasteiger partial charge in [-0.25, -0.2) is 0 Å². The molecule has 0 radical (unpaired) electrons. The lowest BCUT2D eigenvalue weighted by molar-refractivity contribution is -0.140. The Bertz CT molecular complexity index is 1170. The van der Waals surface area contributed by atoms with Gasteiger partial charge in [0.05, 0.1) is 11.5 Å². The Morgan fingerprint density at radius 2 is 2.03 bits per heavy atom. The van der Waals surface area contributed by atoms with Crippen LogP contribution in [0.4, 0.5) is 0 Å². The smallest absolute Gasteiger partial charge is 0.323 e. The summed E-state index contributed by atoms with van der Waals surface area (Å²) >= 11 is 5.33. The third-order valence-corrected chi connectivity index (χ3v) is 8.74. The molecule has 1 heterocycles. The van der Waals surface area contributed by atoms with Gasteiger partial charge in [-0.1, -0.05) is 84.7 Å². The molecule has 1 aliphatic heterocycles. The van der Waals surface area contributed by atoms with Gasteiger partial charge in [0.2, 0.25) is 0 Å². The number of nitrogens with zero attached hydrogens (tertiary/aromatic N) is 1. The van der Waals surface area contributed by atoms with Gasteiger partial charge in [0.1, 0.15) is 16.6 Å². The quantitative estimate of drug-likeness (QED) is 0.234. The van der Waals surface area contributed by atoms with Crippen LogP contribution in [0.2, 0.25) is 0 Å². The third-order valence-electron chi connectivity index (χ3n) is 6.45. The van der Waals surface area contributed by atoms with Crippen LogP contribution in [-0.2, 0) is 16.0 Å². The Kier molecular flexibility index (Phi) is 8.19. The topological polar surface area (TPSA) is 66.8 Å². The van der Waals surface area contributed by atoms with Crippen molar-refractivity contribution in [2.45, 2.75) is 44.9 Å². The van der Waals surface area contributed by atoms with Gasteiger partial charge in [-0.2, -0.15) is 0 Å². The maximum Gasteiger partial charge on any atom is 0.323 e. The molecule has 2 fully saturated rings. The van der Waals surface area contributed by atoms with Crippen molar-refractivity contribution in [2.75, 3.05) is 13.2 Å². The molecule has 1 amide bonds. The molecule has 5 nitrogen and oxygen atoms in total. The number of aliphatic carboxylic acids is 1. The minimum Gasteiger partial charge on any atom is -0.493 e. The van der Waals surface area contributed by atoms with E-state index in [1.165, 1.54) is 11.1 Å². The summed E-state index contributed by atoms with van der Waals surface area (Å²) in [4.78, 5) is 25.6. The van der Waals surface area contributed by atoms with Crippen molar-refractivity contribution in [1.29, 1.82) is 0 Å². The van der Waals surface area contributed by atoms with Gasteiger partial charge in [-0.3, -0.25) is 14.5 Å². The Morgan fingerprint density at radius 3 is 2.74 bits per heavy atom. The zero-order chi connectivity index (χ0) is 24.9. The van der Waals surface area contributed by atoms with Crippen molar-refractivity contribution in [3.05, 3.63) is 70.1 Å². The molecule has 1 saturated heterocycles. The number of carbonyl (C=O) groups is 2. The highest BCUT2D eigenvalue weighted by Crippen LogP contribution is 2.52. The van der Waals surface area contributed by atoms with Crippen LogP contribution < -0.4 is 4.74 Å². The van der Waals surface area contributed by atoms with Gasteiger partial charge in [0, 0.05) is 0 Å². The fraction of sp³-hybridized carbons (Fsp3) is 0.357. The van der Waals surface area contributed by atoms with E-state index in [9.17, 15) is 9.59 Å². The molecule has 2 aromatic rings. The van der Waals surface area contributed by atoms with E-state index in [1.54, 1.807) is 0 Å². The fourth-order valence-electron chi connectivity index (χ4n) is 4.49. The number of rotatable bonds is 11. The Balaban J connectivity index is 1.58. The number of hydrogen-bond donors (Lipinski definition) is 1. The van der Waals surface area contributed by atoms with Crippen LogP contribution >= 0.6 is 22.7 Å². The first-order valence-corrected chi connectivity index (χ1v) is 13.8. The van der Waals surface area contributed by atoms with Crippen LogP contribution in [-0.4, -0.2) is 45.2 Å². The molecule has 4 rings (SSSR count). The summed E-state index contributed by atoms with van der Waals surface area (Å²) in [5.41, 5.74) is 3.40. The number of thiocarbonyl (C=S) groups is 1. The van der Waals surface area contributed by atoms with E-state index in [0.717, 1.165) is 48.3 Å². The normalized spacial score (nSPS) is 22.6. The summed E-state index contributed by atoms with van der Waals surface area (Å²) in [5.74, 6) is 4.47. The van der Waals surface area contributed by atoms with Gasteiger partial charge >= 0.3 is 5.97 Å². The second kappa shape index (κ2) is 11.3. The van der Waals surface area contributed by atoms with Crippen molar-refractivity contribution in [2.24, 2.45) is 5.92 Å². The molecule has 0 spiro atoms. The highest BCUT2D eigenvalue weighted by atomic mass is 32.2. The highest BCUT2D eigenvalue weighted by molar-refractivity contribution is 8.37. The average molecular weight is 510 g/mol. The van der Waals surface area contributed by atoms with Gasteiger partial charge in [-0.05, 0) is 66.0 Å². The largest absolute Gasteiger partial charge is 0.493 e. The van der Waals surface area contributed by atoms with Gasteiger partial charge in [0.25, 0.3) is 5.91 Å². The molecular formula is C28H31NO4S2. The lowest BCUT2D eigenvalue weighted by Crippen LogP contribution is -2.33. The van der Waals surface area contributed by atoms with E-state index in [-0.39, 0.29) is 10.2 Å². The molecule has 1 saturated carbocycles. The predicted octanol–water partition coefficient (Wildman–Crippen LogP) is 5.86. The Hall–Kier alpha value is -2.77. The second-order valence-electron chi connectivity index (χ2n) is 9.10. The van der Waals surface area contributed by atoms with E-state index in [0.29, 0.717) is 23.3 Å². The first kappa shape index (κ1) is 25.3. The maximum atomic E-state index is 12.9. The molecule has 7 heteroatoms. The lowest BCUT2D eigenvalue weighted by Gasteiger charge is -2.13. The average Bonchev–Trinajstić information content (AvgIpc) is 3.58. The molecule has 0 aromatic heterocycles. The molecule has 2 aliphatic rings. The molecular weight excluding hydrogens is 478 g/mol. The predicted molar refractivity (Wildman–Crippen MR) is 147 cm³/mol. The standard InChI is InChI=1S/C28H31NO4S2/c1-3-4-8-13-33-24-12-11-20(16-25-27(32)29(18-26(30)31)28(34)35(25)2)15-23(24)22-17-21(22)14-19-9-6-5-7-10-19/h5-7,9-12,15-16,21-22H,2-4,8,13-14,17-18H2,1H3,(H,30,31)/b25-16-. The van der Waals surface area contributed by atoms with E-state index >= 15 is 0 Å². The van der Waals surface area contributed by atoms with Gasteiger partial charge in [-0.15, -0.1) is 0 Å². The summed E-state index contributed by atoms with van der Waals surface area (Å²) < 4.78 is 6.47. The van der Waals surface area contributed by atoms with Gasteiger partial charge in [0.15, 0.2) is 0 Å². The minimum atomic E-state index is -1.09. The van der Waals surface area contributed by atoms with Crippen LogP contribution in [0.15, 0.2) is 53.4 Å². The Labute approximate surface area is 214 Å². The third kappa shape index (κ3) is 6.08. The fourth-order valence-corrected chi connectivity index (χ4v) is 6.11. The van der Waals surface area contributed by atoms with Crippen LogP contribution in [0, 0.1) is 5.92 Å². The summed E-state index contributed by atoms with van der Waals surface area (Å²) in [7, 11) is -0.856. The highest BCUT2D eigenvalue weighted by Gasteiger charge is 2.40. The SMILES string of the molecule is C=S1C(=S)N(CC(=O)O)C(=O)/C1=C/c1ccc(OCCCCC)c(C2CC2Cc2ccccc2)c1. The van der Waals surface area contributed by atoms with Crippen LogP contribution in [0.25, 0.3) is 6.08 Å². The molecule has 1 aliphatic carbocycles. The second-order valence-corrected chi connectivity index (χ2v) is 11.3. The van der Waals surface area contributed by atoms with E-state index in [2.05, 4.69) is 43.1 Å². The number of amides is 1. The Morgan fingerprint density at radius 1 is 1.26 bits per heavy atom. The van der Waals surface area contributed by atoms with Crippen LogP contribution in [0.1, 0.15) is 55.2 Å². The van der Waals surface area contributed by atoms with Crippen LogP contribution in [0.5, 0.6) is 5.75 Å². The van der Waals surface area contributed by atoms with Crippen LogP contribution in [0.3, 0.4) is 0 Å². The maximum absolute atomic E-state index is 12.9. The van der Waals surface area contributed by atoms with Crippen molar-refractivity contribution < 1.29 is 19.4 Å². The number of hydrogen-bond acceptors (Lipinski definition) is 4.